The molecule has 0 aromatic heterocycles. The van der Waals surface area contributed by atoms with E-state index in [0.29, 0.717) is 4.55 Å². The Labute approximate surface area is 65.1 Å². The van der Waals surface area contributed by atoms with Crippen molar-refractivity contribution in [3.63, 3.8) is 0 Å². The van der Waals surface area contributed by atoms with E-state index in [9.17, 15) is 13.2 Å². The molecule has 1 atom stereocenters. The van der Waals surface area contributed by atoms with Crippen LogP contribution in [0.15, 0.2) is 0 Å². The fourth-order valence-corrected chi connectivity index (χ4v) is 0.892. The topological polar surface area (TPSA) is 12.0 Å². The third kappa shape index (κ3) is 3.96. The van der Waals surface area contributed by atoms with Gasteiger partial charge in [-0.2, -0.15) is 13.2 Å². The number of hydrogen-bond acceptors (Lipinski definition) is 1. The Bertz CT molecular complexity index is 82.4. The molecule has 0 fully saturated rings. The van der Waals surface area contributed by atoms with Crippen LogP contribution in [0.2, 0.25) is 0 Å². The standard InChI is InChI=1S/C4H7F3IN/c1-3(9-2-8)4(5,6)7/h3,9H,2H2,1H3. The van der Waals surface area contributed by atoms with Gasteiger partial charge in [0.2, 0.25) is 0 Å². The van der Waals surface area contributed by atoms with Gasteiger partial charge in [-0.15, -0.1) is 0 Å². The van der Waals surface area contributed by atoms with Crippen molar-refractivity contribution >= 4 is 22.6 Å². The van der Waals surface area contributed by atoms with Gasteiger partial charge in [-0.3, -0.25) is 5.32 Å². The maximum atomic E-state index is 11.6. The summed E-state index contributed by atoms with van der Waals surface area (Å²) in [7, 11) is 0. The first-order valence-electron chi connectivity index (χ1n) is 2.34. The van der Waals surface area contributed by atoms with Gasteiger partial charge in [-0.1, -0.05) is 22.6 Å². The van der Waals surface area contributed by atoms with Gasteiger partial charge in [0.05, 0.1) is 0 Å². The SMILES string of the molecule is CC(NCI)C(F)(F)F. The Morgan fingerprint density at radius 1 is 1.56 bits per heavy atom. The zero-order valence-corrected chi connectivity index (χ0v) is 6.95. The van der Waals surface area contributed by atoms with Crippen LogP contribution in [-0.2, 0) is 0 Å². The van der Waals surface area contributed by atoms with Gasteiger partial charge in [0, 0.05) is 4.55 Å². The predicted octanol–water partition coefficient (Wildman–Crippen LogP) is 1.92. The van der Waals surface area contributed by atoms with Crippen molar-refractivity contribution in [2.24, 2.45) is 0 Å². The molecule has 0 aliphatic carbocycles. The maximum Gasteiger partial charge on any atom is 0.403 e. The van der Waals surface area contributed by atoms with E-state index in [1.165, 1.54) is 0 Å². The molecule has 0 bridgehead atoms. The van der Waals surface area contributed by atoms with Crippen LogP contribution in [0, 0.1) is 0 Å². The van der Waals surface area contributed by atoms with Crippen LogP contribution in [0.1, 0.15) is 6.92 Å². The first-order valence-corrected chi connectivity index (χ1v) is 3.87. The zero-order valence-electron chi connectivity index (χ0n) is 4.80. The van der Waals surface area contributed by atoms with Gasteiger partial charge in [0.15, 0.2) is 0 Å². The molecule has 0 saturated carbocycles. The maximum absolute atomic E-state index is 11.6. The van der Waals surface area contributed by atoms with Crippen LogP contribution in [0.25, 0.3) is 0 Å². The molecular formula is C4H7F3IN. The number of halogens is 4. The van der Waals surface area contributed by atoms with Gasteiger partial charge in [0.25, 0.3) is 0 Å². The molecule has 0 amide bonds. The third-order valence-electron chi connectivity index (χ3n) is 0.874. The molecule has 56 valence electrons. The molecular weight excluding hydrogens is 246 g/mol. The molecule has 0 aliphatic heterocycles. The number of nitrogens with one attached hydrogen (secondary N) is 1. The van der Waals surface area contributed by atoms with Crippen LogP contribution in [0.5, 0.6) is 0 Å². The molecule has 0 spiro atoms. The summed E-state index contributed by atoms with van der Waals surface area (Å²) in [5.74, 6) is 0. The molecule has 1 nitrogen and oxygen atoms in total. The van der Waals surface area contributed by atoms with E-state index >= 15 is 0 Å². The molecule has 0 saturated heterocycles. The molecule has 0 radical (unpaired) electrons. The lowest BCUT2D eigenvalue weighted by Crippen LogP contribution is -2.38. The minimum Gasteiger partial charge on any atom is -0.297 e. The van der Waals surface area contributed by atoms with Gasteiger partial charge in [-0.25, -0.2) is 0 Å². The van der Waals surface area contributed by atoms with Gasteiger partial charge < -0.3 is 0 Å². The second-order valence-corrected chi connectivity index (χ2v) is 2.36. The van der Waals surface area contributed by atoms with E-state index < -0.39 is 12.2 Å². The van der Waals surface area contributed by atoms with E-state index in [4.69, 9.17) is 0 Å². The quantitative estimate of drug-likeness (QED) is 0.450. The van der Waals surface area contributed by atoms with E-state index in [1.807, 2.05) is 22.6 Å². The molecule has 0 aromatic carbocycles. The largest absolute Gasteiger partial charge is 0.403 e. The highest BCUT2D eigenvalue weighted by Gasteiger charge is 2.34. The normalized spacial score (nSPS) is 15.7. The fraction of sp³-hybridized carbons (Fsp3) is 1.00. The highest BCUT2D eigenvalue weighted by atomic mass is 127. The summed E-state index contributed by atoms with van der Waals surface area (Å²) in [4.78, 5) is 0. The van der Waals surface area contributed by atoms with Crippen molar-refractivity contribution in [2.75, 3.05) is 4.55 Å². The Balaban J connectivity index is 3.59. The van der Waals surface area contributed by atoms with Crippen molar-refractivity contribution in [3.05, 3.63) is 0 Å². The Morgan fingerprint density at radius 2 is 2.00 bits per heavy atom. The second-order valence-electron chi connectivity index (χ2n) is 1.60. The molecule has 1 N–H and O–H groups in total. The van der Waals surface area contributed by atoms with Crippen LogP contribution in [-0.4, -0.2) is 16.8 Å². The highest BCUT2D eigenvalue weighted by Crippen LogP contribution is 2.19. The van der Waals surface area contributed by atoms with Crippen molar-refractivity contribution in [2.45, 2.75) is 19.1 Å². The summed E-state index contributed by atoms with van der Waals surface area (Å²) in [5, 5.41) is 2.25. The molecule has 1 unspecified atom stereocenters. The Morgan fingerprint density at radius 3 is 2.11 bits per heavy atom. The fourth-order valence-electron chi connectivity index (χ4n) is 0.231. The minimum absolute atomic E-state index is 0.318. The van der Waals surface area contributed by atoms with Crippen LogP contribution in [0.4, 0.5) is 13.2 Å². The molecule has 5 heteroatoms. The van der Waals surface area contributed by atoms with Crippen LogP contribution in [0.3, 0.4) is 0 Å². The molecule has 0 aromatic rings. The Kier molecular flexibility index (Phi) is 3.79. The summed E-state index contributed by atoms with van der Waals surface area (Å²) in [6, 6.07) is -1.39. The van der Waals surface area contributed by atoms with Crippen LogP contribution < -0.4 is 5.32 Å². The first-order chi connectivity index (χ1) is 3.98. The zero-order chi connectivity index (χ0) is 7.49. The van der Waals surface area contributed by atoms with Crippen molar-refractivity contribution in [3.8, 4) is 0 Å². The smallest absolute Gasteiger partial charge is 0.297 e. The van der Waals surface area contributed by atoms with E-state index in [2.05, 4.69) is 5.32 Å². The van der Waals surface area contributed by atoms with Crippen LogP contribution >= 0.6 is 22.6 Å². The average molecular weight is 253 g/mol. The van der Waals surface area contributed by atoms with E-state index in [-0.39, 0.29) is 0 Å². The van der Waals surface area contributed by atoms with Crippen molar-refractivity contribution in [1.29, 1.82) is 0 Å². The number of rotatable bonds is 2. The summed E-state index contributed by atoms with van der Waals surface area (Å²) >= 11 is 1.83. The summed E-state index contributed by atoms with van der Waals surface area (Å²) in [6.45, 7) is 1.10. The van der Waals surface area contributed by atoms with E-state index in [0.717, 1.165) is 6.92 Å². The summed E-state index contributed by atoms with van der Waals surface area (Å²) < 4.78 is 35.0. The molecule has 9 heavy (non-hydrogen) atoms. The minimum atomic E-state index is -4.11. The summed E-state index contributed by atoms with van der Waals surface area (Å²) in [6.07, 6.45) is -4.11. The summed E-state index contributed by atoms with van der Waals surface area (Å²) in [5.41, 5.74) is 0. The lowest BCUT2D eigenvalue weighted by Gasteiger charge is -2.14. The van der Waals surface area contributed by atoms with Crippen molar-refractivity contribution in [1.82, 2.24) is 5.32 Å². The van der Waals surface area contributed by atoms with Gasteiger partial charge >= 0.3 is 6.18 Å². The Hall–Kier alpha value is 0.480. The predicted molar refractivity (Wildman–Crippen MR) is 37.5 cm³/mol. The lowest BCUT2D eigenvalue weighted by atomic mass is 10.3. The molecule has 0 rings (SSSR count). The number of hydrogen-bond donors (Lipinski definition) is 1. The molecule has 0 aliphatic rings. The van der Waals surface area contributed by atoms with Gasteiger partial charge in [0.1, 0.15) is 6.04 Å². The van der Waals surface area contributed by atoms with Gasteiger partial charge in [-0.05, 0) is 6.92 Å². The monoisotopic (exact) mass is 253 g/mol. The lowest BCUT2D eigenvalue weighted by molar-refractivity contribution is -0.150. The third-order valence-corrected chi connectivity index (χ3v) is 1.31. The average Bonchev–Trinajstić information content (AvgIpc) is 1.64. The molecule has 0 heterocycles. The highest BCUT2D eigenvalue weighted by molar-refractivity contribution is 14.1. The van der Waals surface area contributed by atoms with E-state index in [1.54, 1.807) is 0 Å². The second kappa shape index (κ2) is 3.60. The first kappa shape index (κ1) is 9.48. The number of alkyl halides is 4. The van der Waals surface area contributed by atoms with Crippen molar-refractivity contribution < 1.29 is 13.2 Å².